The molecule has 204 valence electrons. The number of anilines is 1. The van der Waals surface area contributed by atoms with E-state index in [1.54, 1.807) is 57.4 Å². The van der Waals surface area contributed by atoms with Crippen LogP contribution in [0.4, 0.5) is 5.82 Å². The highest BCUT2D eigenvalue weighted by molar-refractivity contribution is 7.93. The van der Waals surface area contributed by atoms with Gasteiger partial charge in [-0.05, 0) is 54.8 Å². The van der Waals surface area contributed by atoms with Crippen molar-refractivity contribution >= 4 is 22.1 Å². The van der Waals surface area contributed by atoms with Crippen molar-refractivity contribution < 1.29 is 31.9 Å². The molecule has 4 rings (SSSR count). The van der Waals surface area contributed by atoms with E-state index in [9.17, 15) is 13.2 Å². The summed E-state index contributed by atoms with van der Waals surface area (Å²) >= 11 is 0. The van der Waals surface area contributed by atoms with Crippen molar-refractivity contribution in [1.82, 2.24) is 5.16 Å². The van der Waals surface area contributed by atoms with E-state index in [0.717, 1.165) is 21.9 Å². The number of sulfonamides is 1. The molecule has 39 heavy (non-hydrogen) atoms. The van der Waals surface area contributed by atoms with Gasteiger partial charge in [0.1, 0.15) is 24.5 Å². The van der Waals surface area contributed by atoms with Crippen LogP contribution in [0.15, 0.2) is 76.1 Å². The van der Waals surface area contributed by atoms with Crippen molar-refractivity contribution in [3.05, 3.63) is 94.7 Å². The first-order valence-corrected chi connectivity index (χ1v) is 13.6. The van der Waals surface area contributed by atoms with E-state index in [1.165, 1.54) is 13.2 Å². The van der Waals surface area contributed by atoms with Crippen molar-refractivity contribution in [2.45, 2.75) is 32.0 Å². The number of methoxy groups -OCH3 is 2. The van der Waals surface area contributed by atoms with E-state index in [1.807, 2.05) is 24.3 Å². The fourth-order valence-corrected chi connectivity index (χ4v) is 5.69. The van der Waals surface area contributed by atoms with Gasteiger partial charge in [-0.3, -0.25) is 4.79 Å². The molecule has 1 aromatic heterocycles. The highest BCUT2D eigenvalue weighted by Crippen LogP contribution is 2.35. The Morgan fingerprint density at radius 2 is 1.69 bits per heavy atom. The summed E-state index contributed by atoms with van der Waals surface area (Å²) in [5, 5.41) is 3.97. The first-order chi connectivity index (χ1) is 18.8. The molecule has 0 N–H and O–H groups in total. The molecule has 0 atom stereocenters. The predicted octanol–water partition coefficient (Wildman–Crippen LogP) is 5.30. The number of hydrogen-bond acceptors (Lipinski definition) is 8. The zero-order chi connectivity index (χ0) is 28.0. The van der Waals surface area contributed by atoms with Crippen LogP contribution < -0.4 is 9.04 Å². The number of rotatable bonds is 12. The lowest BCUT2D eigenvalue weighted by Gasteiger charge is -2.23. The quantitative estimate of drug-likeness (QED) is 0.173. The summed E-state index contributed by atoms with van der Waals surface area (Å²) in [5.41, 5.74) is 3.74. The Hall–Kier alpha value is -3.99. The molecule has 0 fully saturated rings. The Morgan fingerprint density at radius 3 is 2.33 bits per heavy atom. The number of aryl methyl sites for hydroxylation is 1. The lowest BCUT2D eigenvalue weighted by atomic mass is 9.98. The highest BCUT2D eigenvalue weighted by atomic mass is 32.2. The molecule has 0 aliphatic heterocycles. The third-order valence-electron chi connectivity index (χ3n) is 6.31. The molecule has 0 radical (unpaired) electrons. The Bertz CT molecular complexity index is 1550. The maximum atomic E-state index is 14.0. The van der Waals surface area contributed by atoms with Gasteiger partial charge in [-0.1, -0.05) is 47.6 Å². The lowest BCUT2D eigenvalue weighted by Crippen LogP contribution is -2.34. The van der Waals surface area contributed by atoms with Gasteiger partial charge in [-0.15, -0.1) is 0 Å². The molecule has 10 heteroatoms. The Kier molecular flexibility index (Phi) is 8.80. The van der Waals surface area contributed by atoms with Crippen LogP contribution in [0, 0.1) is 13.8 Å². The van der Waals surface area contributed by atoms with Crippen LogP contribution in [0.1, 0.15) is 32.8 Å². The van der Waals surface area contributed by atoms with E-state index in [2.05, 4.69) is 5.16 Å². The van der Waals surface area contributed by atoms with E-state index in [0.29, 0.717) is 40.2 Å². The first-order valence-electron chi connectivity index (χ1n) is 12.1. The molecule has 0 unspecified atom stereocenters. The molecular formula is C29H30N2O7S. The summed E-state index contributed by atoms with van der Waals surface area (Å²) in [6, 6.07) is 19.3. The van der Waals surface area contributed by atoms with Crippen molar-refractivity contribution in [3.8, 4) is 16.9 Å². The van der Waals surface area contributed by atoms with E-state index >= 15 is 0 Å². The summed E-state index contributed by atoms with van der Waals surface area (Å²) in [5.74, 6) is 1.41. The van der Waals surface area contributed by atoms with Gasteiger partial charge < -0.3 is 18.7 Å². The molecule has 0 aliphatic carbocycles. The Labute approximate surface area is 228 Å². The fourth-order valence-electron chi connectivity index (χ4n) is 4.10. The third-order valence-corrected chi connectivity index (χ3v) is 8.08. The van der Waals surface area contributed by atoms with E-state index in [-0.39, 0.29) is 24.1 Å². The largest absolute Gasteiger partial charge is 0.497 e. The number of carbonyl (C=O) groups excluding carboxylic acids is 1. The Morgan fingerprint density at radius 1 is 0.949 bits per heavy atom. The van der Waals surface area contributed by atoms with Crippen LogP contribution in [-0.4, -0.2) is 40.8 Å². The summed E-state index contributed by atoms with van der Waals surface area (Å²) in [4.78, 5) is 11.6. The molecule has 0 aliphatic rings. The summed E-state index contributed by atoms with van der Waals surface area (Å²) in [7, 11) is -1.13. The fraction of sp³-hybridized carbons (Fsp3) is 0.241. The maximum absolute atomic E-state index is 14.0. The normalized spacial score (nSPS) is 11.4. The third kappa shape index (κ3) is 6.03. The van der Waals surface area contributed by atoms with Gasteiger partial charge in [0.25, 0.3) is 10.0 Å². The van der Waals surface area contributed by atoms with E-state index < -0.39 is 10.0 Å². The molecule has 9 nitrogen and oxygen atoms in total. The molecule has 4 aromatic rings. The molecular weight excluding hydrogens is 520 g/mol. The molecule has 3 aromatic carbocycles. The minimum Gasteiger partial charge on any atom is -0.497 e. The molecule has 1 heterocycles. The number of carbonyl (C=O) groups is 1. The number of hydrogen-bond donors (Lipinski definition) is 0. The SMILES string of the molecule is COCN(c1noc(C)c1C)S(=O)(=O)c1ccccc1-c1ccc(C=O)cc1COCc1ccc(OC)cc1. The van der Waals surface area contributed by atoms with Gasteiger partial charge in [0.05, 0.1) is 25.2 Å². The van der Waals surface area contributed by atoms with Gasteiger partial charge in [-0.25, -0.2) is 12.7 Å². The zero-order valence-corrected chi connectivity index (χ0v) is 23.0. The number of ether oxygens (including phenoxy) is 3. The van der Waals surface area contributed by atoms with Gasteiger partial charge in [0.2, 0.25) is 0 Å². The maximum Gasteiger partial charge on any atom is 0.268 e. The van der Waals surface area contributed by atoms with Crippen LogP contribution in [-0.2, 0) is 32.7 Å². The molecule has 0 amide bonds. The molecule has 0 bridgehead atoms. The van der Waals surface area contributed by atoms with Crippen molar-refractivity contribution in [3.63, 3.8) is 0 Å². The second-order valence-electron chi connectivity index (χ2n) is 8.83. The zero-order valence-electron chi connectivity index (χ0n) is 22.2. The van der Waals surface area contributed by atoms with Gasteiger partial charge >= 0.3 is 0 Å². The highest BCUT2D eigenvalue weighted by Gasteiger charge is 2.32. The van der Waals surface area contributed by atoms with Crippen LogP contribution in [0.2, 0.25) is 0 Å². The molecule has 0 spiro atoms. The first kappa shape index (κ1) is 28.0. The summed E-state index contributed by atoms with van der Waals surface area (Å²) in [6.45, 7) is 3.67. The van der Waals surface area contributed by atoms with Crippen LogP contribution >= 0.6 is 0 Å². The summed E-state index contributed by atoms with van der Waals surface area (Å²) in [6.07, 6.45) is 0.745. The summed E-state index contributed by atoms with van der Waals surface area (Å²) < 4.78 is 50.8. The standard InChI is InChI=1S/C29H30N2O7S/c1-20-21(2)38-30-29(20)31(19-35-3)39(33,34)28-8-6-5-7-27(28)26-14-11-23(16-32)15-24(26)18-37-17-22-9-12-25(36-4)13-10-22/h5-16H,17-19H2,1-4H3. The van der Waals surface area contributed by atoms with Gasteiger partial charge in [0, 0.05) is 23.8 Å². The average Bonchev–Trinajstić information content (AvgIpc) is 3.29. The van der Waals surface area contributed by atoms with Gasteiger partial charge in [0.15, 0.2) is 5.82 Å². The molecule has 0 saturated heterocycles. The lowest BCUT2D eigenvalue weighted by molar-refractivity contribution is 0.107. The van der Waals surface area contributed by atoms with Gasteiger partial charge in [-0.2, -0.15) is 0 Å². The van der Waals surface area contributed by atoms with E-state index in [4.69, 9.17) is 18.7 Å². The average molecular weight is 551 g/mol. The predicted molar refractivity (Wildman–Crippen MR) is 146 cm³/mol. The van der Waals surface area contributed by atoms with Crippen molar-refractivity contribution in [2.24, 2.45) is 0 Å². The smallest absolute Gasteiger partial charge is 0.268 e. The van der Waals surface area contributed by atoms with Crippen molar-refractivity contribution in [1.29, 1.82) is 0 Å². The topological polar surface area (TPSA) is 108 Å². The van der Waals surface area contributed by atoms with Crippen LogP contribution in [0.25, 0.3) is 11.1 Å². The van der Waals surface area contributed by atoms with Crippen LogP contribution in [0.3, 0.4) is 0 Å². The van der Waals surface area contributed by atoms with Crippen molar-refractivity contribution in [2.75, 3.05) is 25.3 Å². The second-order valence-corrected chi connectivity index (χ2v) is 10.7. The second kappa shape index (κ2) is 12.2. The number of aldehydes is 1. The Balaban J connectivity index is 1.72. The minimum absolute atomic E-state index is 0.0531. The molecule has 0 saturated carbocycles. The van der Waals surface area contributed by atoms with Crippen LogP contribution in [0.5, 0.6) is 5.75 Å². The number of benzene rings is 3. The minimum atomic E-state index is -4.14. The monoisotopic (exact) mass is 550 g/mol. The number of nitrogens with zero attached hydrogens (tertiary/aromatic N) is 2. The number of aromatic nitrogens is 1.